The van der Waals surface area contributed by atoms with Crippen LogP contribution in [-0.4, -0.2) is 15.6 Å². The minimum Gasteiger partial charge on any atom is -0.292 e. The molecule has 1 aromatic heterocycles. The molecule has 3 nitrogen and oxygen atoms in total. The van der Waals surface area contributed by atoms with Crippen molar-refractivity contribution in [3.63, 3.8) is 0 Å². The van der Waals surface area contributed by atoms with E-state index in [1.807, 2.05) is 41.9 Å². The fourth-order valence-electron chi connectivity index (χ4n) is 2.04. The number of nitrogens with zero attached hydrogens (tertiary/aromatic N) is 2. The smallest absolute Gasteiger partial charge is 0.182 e. The van der Waals surface area contributed by atoms with Crippen molar-refractivity contribution in [2.45, 2.75) is 39.7 Å². The van der Waals surface area contributed by atoms with Gasteiger partial charge in [-0.05, 0) is 44.5 Å². The summed E-state index contributed by atoms with van der Waals surface area (Å²) in [7, 11) is 0. The summed E-state index contributed by atoms with van der Waals surface area (Å²) >= 11 is 5.93. The third kappa shape index (κ3) is 2.93. The minimum atomic E-state index is -0.193. The van der Waals surface area contributed by atoms with E-state index in [9.17, 15) is 4.79 Å². The second-order valence-corrected chi connectivity index (χ2v) is 6.22. The van der Waals surface area contributed by atoms with Gasteiger partial charge in [-0.25, -0.2) is 0 Å². The Bertz CT molecular complexity index is 621. The average molecular weight is 291 g/mol. The molecule has 0 aliphatic heterocycles. The highest BCUT2D eigenvalue weighted by atomic mass is 35.5. The van der Waals surface area contributed by atoms with E-state index >= 15 is 0 Å². The Kier molecular flexibility index (Phi) is 4.00. The highest BCUT2D eigenvalue weighted by Gasteiger charge is 2.22. The molecular formula is C16H19ClN2O. The van der Waals surface area contributed by atoms with E-state index in [0.717, 1.165) is 11.3 Å². The molecule has 0 saturated carbocycles. The molecule has 0 aliphatic carbocycles. The van der Waals surface area contributed by atoms with Crippen LogP contribution >= 0.6 is 11.6 Å². The monoisotopic (exact) mass is 290 g/mol. The minimum absolute atomic E-state index is 0.0585. The summed E-state index contributed by atoms with van der Waals surface area (Å²) in [6.45, 7) is 8.05. The van der Waals surface area contributed by atoms with Gasteiger partial charge in [-0.2, -0.15) is 5.10 Å². The largest absolute Gasteiger partial charge is 0.292 e. The van der Waals surface area contributed by atoms with Crippen molar-refractivity contribution in [1.29, 1.82) is 0 Å². The first-order valence-electron chi connectivity index (χ1n) is 6.72. The SMILES string of the molecule is CCC(=O)c1cc(-c2ccc(Cl)cc2)n(C(C)(C)C)n1. The van der Waals surface area contributed by atoms with Crippen molar-refractivity contribution in [2.75, 3.05) is 0 Å². The number of rotatable bonds is 3. The van der Waals surface area contributed by atoms with Crippen LogP contribution in [0.15, 0.2) is 30.3 Å². The Balaban J connectivity index is 2.58. The molecule has 2 aromatic rings. The molecule has 0 atom stereocenters. The van der Waals surface area contributed by atoms with E-state index in [1.54, 1.807) is 0 Å². The quantitative estimate of drug-likeness (QED) is 0.777. The lowest BCUT2D eigenvalue weighted by atomic mass is 10.1. The van der Waals surface area contributed by atoms with E-state index in [-0.39, 0.29) is 11.3 Å². The maximum Gasteiger partial charge on any atom is 0.182 e. The molecular weight excluding hydrogens is 272 g/mol. The molecule has 20 heavy (non-hydrogen) atoms. The summed E-state index contributed by atoms with van der Waals surface area (Å²) in [5, 5.41) is 5.18. The number of carbonyl (C=O) groups is 1. The summed E-state index contributed by atoms with van der Waals surface area (Å²) in [5.74, 6) is 0.0585. The molecule has 1 aromatic carbocycles. The lowest BCUT2D eigenvalue weighted by Gasteiger charge is -2.22. The first kappa shape index (κ1) is 14.8. The van der Waals surface area contributed by atoms with E-state index < -0.39 is 0 Å². The van der Waals surface area contributed by atoms with Gasteiger partial charge in [-0.15, -0.1) is 0 Å². The highest BCUT2D eigenvalue weighted by Crippen LogP contribution is 2.28. The maximum absolute atomic E-state index is 11.9. The topological polar surface area (TPSA) is 34.9 Å². The normalized spacial score (nSPS) is 11.7. The number of hydrogen-bond acceptors (Lipinski definition) is 2. The molecule has 0 saturated heterocycles. The molecule has 0 amide bonds. The van der Waals surface area contributed by atoms with Gasteiger partial charge < -0.3 is 0 Å². The zero-order valence-corrected chi connectivity index (χ0v) is 13.0. The van der Waals surface area contributed by atoms with Gasteiger partial charge in [0.15, 0.2) is 5.78 Å². The Morgan fingerprint density at radius 3 is 2.35 bits per heavy atom. The summed E-state index contributed by atoms with van der Waals surface area (Å²) < 4.78 is 1.90. The van der Waals surface area contributed by atoms with Crippen LogP contribution in [-0.2, 0) is 5.54 Å². The van der Waals surface area contributed by atoms with Crippen LogP contribution in [0.1, 0.15) is 44.6 Å². The van der Waals surface area contributed by atoms with Crippen molar-refractivity contribution < 1.29 is 4.79 Å². The molecule has 0 fully saturated rings. The number of hydrogen-bond donors (Lipinski definition) is 0. The van der Waals surface area contributed by atoms with E-state index in [1.165, 1.54) is 0 Å². The Morgan fingerprint density at radius 2 is 1.85 bits per heavy atom. The van der Waals surface area contributed by atoms with Crippen LogP contribution in [0.25, 0.3) is 11.3 Å². The lowest BCUT2D eigenvalue weighted by Crippen LogP contribution is -2.24. The van der Waals surface area contributed by atoms with Crippen molar-refractivity contribution in [2.24, 2.45) is 0 Å². The Morgan fingerprint density at radius 1 is 1.25 bits per heavy atom. The van der Waals surface area contributed by atoms with Crippen molar-refractivity contribution in [3.05, 3.63) is 41.0 Å². The summed E-state index contributed by atoms with van der Waals surface area (Å²) in [5.41, 5.74) is 2.27. The number of ketones is 1. The van der Waals surface area contributed by atoms with Crippen molar-refractivity contribution >= 4 is 17.4 Å². The number of Topliss-reactive ketones (excluding diaryl/α,β-unsaturated/α-hetero) is 1. The van der Waals surface area contributed by atoms with Gasteiger partial charge in [0.1, 0.15) is 5.69 Å². The van der Waals surface area contributed by atoms with Gasteiger partial charge in [0.05, 0.1) is 11.2 Å². The summed E-state index contributed by atoms with van der Waals surface area (Å²) in [6.07, 6.45) is 0.460. The van der Waals surface area contributed by atoms with Crippen LogP contribution < -0.4 is 0 Å². The van der Waals surface area contributed by atoms with Crippen LogP contribution in [0.4, 0.5) is 0 Å². The van der Waals surface area contributed by atoms with Gasteiger partial charge >= 0.3 is 0 Å². The average Bonchev–Trinajstić information content (AvgIpc) is 2.83. The molecule has 1 heterocycles. The molecule has 0 N–H and O–H groups in total. The van der Waals surface area contributed by atoms with Gasteiger partial charge in [0.2, 0.25) is 0 Å². The molecule has 0 bridgehead atoms. The first-order chi connectivity index (χ1) is 9.32. The van der Waals surface area contributed by atoms with Crippen LogP contribution in [0.3, 0.4) is 0 Å². The zero-order chi connectivity index (χ0) is 14.9. The van der Waals surface area contributed by atoms with E-state index in [2.05, 4.69) is 25.9 Å². The fraction of sp³-hybridized carbons (Fsp3) is 0.375. The molecule has 2 rings (SSSR count). The summed E-state index contributed by atoms with van der Waals surface area (Å²) in [4.78, 5) is 11.9. The van der Waals surface area contributed by atoms with E-state index in [4.69, 9.17) is 11.6 Å². The van der Waals surface area contributed by atoms with Crippen LogP contribution in [0, 0.1) is 0 Å². The number of halogens is 1. The standard InChI is InChI=1S/C16H19ClN2O/c1-5-15(20)13-10-14(19(18-13)16(2,3)4)11-6-8-12(17)9-7-11/h6-10H,5H2,1-4H3. The van der Waals surface area contributed by atoms with Gasteiger partial charge in [-0.3, -0.25) is 9.48 Å². The predicted molar refractivity (Wildman–Crippen MR) is 82.3 cm³/mol. The molecule has 106 valence electrons. The van der Waals surface area contributed by atoms with Gasteiger partial charge in [0, 0.05) is 11.4 Å². The molecule has 0 radical (unpaired) electrons. The van der Waals surface area contributed by atoms with Gasteiger partial charge in [0.25, 0.3) is 0 Å². The third-order valence-corrected chi connectivity index (χ3v) is 3.34. The second-order valence-electron chi connectivity index (χ2n) is 5.78. The van der Waals surface area contributed by atoms with Crippen LogP contribution in [0.5, 0.6) is 0 Å². The fourth-order valence-corrected chi connectivity index (χ4v) is 2.16. The number of aromatic nitrogens is 2. The summed E-state index contributed by atoms with van der Waals surface area (Å²) in [6, 6.07) is 9.44. The Hall–Kier alpha value is -1.61. The maximum atomic E-state index is 11.9. The molecule has 0 unspecified atom stereocenters. The third-order valence-electron chi connectivity index (χ3n) is 3.09. The molecule has 0 spiro atoms. The van der Waals surface area contributed by atoms with Crippen molar-refractivity contribution in [3.8, 4) is 11.3 Å². The lowest BCUT2D eigenvalue weighted by molar-refractivity contribution is 0.0982. The highest BCUT2D eigenvalue weighted by molar-refractivity contribution is 6.30. The Labute approximate surface area is 124 Å². The molecule has 0 aliphatic rings. The molecule has 4 heteroatoms. The zero-order valence-electron chi connectivity index (χ0n) is 12.3. The predicted octanol–water partition coefficient (Wildman–Crippen LogP) is 4.55. The van der Waals surface area contributed by atoms with Crippen LogP contribution in [0.2, 0.25) is 5.02 Å². The number of benzene rings is 1. The van der Waals surface area contributed by atoms with Crippen molar-refractivity contribution in [1.82, 2.24) is 9.78 Å². The first-order valence-corrected chi connectivity index (χ1v) is 7.10. The van der Waals surface area contributed by atoms with Gasteiger partial charge in [-0.1, -0.05) is 30.7 Å². The van der Waals surface area contributed by atoms with E-state index in [0.29, 0.717) is 17.1 Å². The number of carbonyl (C=O) groups excluding carboxylic acids is 1. The second kappa shape index (κ2) is 5.41.